The molecule has 0 amide bonds. The van der Waals surface area contributed by atoms with Gasteiger partial charge < -0.3 is 9.73 Å². The van der Waals surface area contributed by atoms with Gasteiger partial charge in [0.05, 0.1) is 11.6 Å². The molecule has 2 aromatic rings. The van der Waals surface area contributed by atoms with Crippen LogP contribution < -0.4 is 5.32 Å². The summed E-state index contributed by atoms with van der Waals surface area (Å²) in [5.41, 5.74) is 0.869. The zero-order chi connectivity index (χ0) is 14.4. The first kappa shape index (κ1) is 18.4. The van der Waals surface area contributed by atoms with Crippen molar-refractivity contribution in [3.8, 4) is 11.3 Å². The Balaban J connectivity index is 0.00000220. The summed E-state index contributed by atoms with van der Waals surface area (Å²) in [7, 11) is 0. The van der Waals surface area contributed by atoms with Crippen molar-refractivity contribution in [3.05, 3.63) is 46.1 Å². The number of halogens is 3. The van der Waals surface area contributed by atoms with Gasteiger partial charge in [0.1, 0.15) is 11.5 Å². The molecule has 1 N–H and O–H groups in total. The summed E-state index contributed by atoms with van der Waals surface area (Å²) in [4.78, 5) is 0. The minimum atomic E-state index is 0. The number of furan rings is 1. The number of benzene rings is 1. The number of hydrogen-bond donors (Lipinski definition) is 1. The summed E-state index contributed by atoms with van der Waals surface area (Å²) in [6.45, 7) is 3.97. The van der Waals surface area contributed by atoms with E-state index in [1.165, 1.54) is 19.3 Å². The van der Waals surface area contributed by atoms with Crippen LogP contribution in [-0.4, -0.2) is 6.54 Å². The molecular weight excluding hydrogens is 329 g/mol. The maximum atomic E-state index is 6.17. The number of rotatable bonds is 7. The lowest BCUT2D eigenvalue weighted by Crippen LogP contribution is -2.13. The van der Waals surface area contributed by atoms with E-state index >= 15 is 0 Å². The van der Waals surface area contributed by atoms with Crippen molar-refractivity contribution >= 4 is 35.6 Å². The highest BCUT2D eigenvalue weighted by Crippen LogP contribution is 2.31. The molecule has 116 valence electrons. The Morgan fingerprint density at radius 3 is 2.62 bits per heavy atom. The van der Waals surface area contributed by atoms with Crippen LogP contribution in [-0.2, 0) is 6.54 Å². The molecule has 0 aliphatic carbocycles. The van der Waals surface area contributed by atoms with Crippen LogP contribution in [0.2, 0.25) is 10.0 Å². The normalized spacial score (nSPS) is 10.4. The molecule has 5 heteroatoms. The van der Waals surface area contributed by atoms with Crippen LogP contribution in [0, 0.1) is 0 Å². The van der Waals surface area contributed by atoms with Crippen molar-refractivity contribution < 1.29 is 4.42 Å². The van der Waals surface area contributed by atoms with Gasteiger partial charge in [0.15, 0.2) is 0 Å². The Kier molecular flexibility index (Phi) is 8.20. The average Bonchev–Trinajstić information content (AvgIpc) is 2.87. The van der Waals surface area contributed by atoms with Gasteiger partial charge in [0.2, 0.25) is 0 Å². The molecule has 0 spiro atoms. The van der Waals surface area contributed by atoms with Gasteiger partial charge in [-0.3, -0.25) is 0 Å². The Morgan fingerprint density at radius 2 is 1.90 bits per heavy atom. The van der Waals surface area contributed by atoms with Gasteiger partial charge in [-0.15, -0.1) is 12.4 Å². The van der Waals surface area contributed by atoms with E-state index in [1.807, 2.05) is 24.3 Å². The van der Waals surface area contributed by atoms with E-state index in [2.05, 4.69) is 12.2 Å². The topological polar surface area (TPSA) is 25.2 Å². The van der Waals surface area contributed by atoms with Crippen LogP contribution in [0.4, 0.5) is 0 Å². The number of nitrogens with one attached hydrogen (secondary N) is 1. The second-order valence-corrected chi connectivity index (χ2v) is 5.62. The van der Waals surface area contributed by atoms with Crippen molar-refractivity contribution in [2.45, 2.75) is 32.7 Å². The average molecular weight is 349 g/mol. The van der Waals surface area contributed by atoms with Gasteiger partial charge >= 0.3 is 0 Å². The fourth-order valence-electron chi connectivity index (χ4n) is 2.02. The molecule has 0 unspecified atom stereocenters. The predicted octanol–water partition coefficient (Wildman–Crippen LogP) is 5.96. The minimum absolute atomic E-state index is 0. The minimum Gasteiger partial charge on any atom is -0.460 e. The van der Waals surface area contributed by atoms with Crippen LogP contribution >= 0.6 is 35.6 Å². The molecule has 1 heterocycles. The molecule has 0 saturated carbocycles. The molecule has 1 aromatic carbocycles. The molecule has 1 aromatic heterocycles. The summed E-state index contributed by atoms with van der Waals surface area (Å²) in [5, 5.41) is 4.61. The molecule has 0 radical (unpaired) electrons. The van der Waals surface area contributed by atoms with E-state index in [0.717, 1.165) is 30.2 Å². The van der Waals surface area contributed by atoms with E-state index in [4.69, 9.17) is 27.6 Å². The second-order valence-electron chi connectivity index (χ2n) is 4.77. The van der Waals surface area contributed by atoms with Gasteiger partial charge in [-0.05, 0) is 43.3 Å². The Bertz CT molecular complexity index is 554. The van der Waals surface area contributed by atoms with Gasteiger partial charge in [0, 0.05) is 10.6 Å². The molecule has 0 saturated heterocycles. The predicted molar refractivity (Wildman–Crippen MR) is 92.6 cm³/mol. The smallest absolute Gasteiger partial charge is 0.135 e. The van der Waals surface area contributed by atoms with E-state index in [0.29, 0.717) is 10.0 Å². The van der Waals surface area contributed by atoms with Crippen molar-refractivity contribution in [3.63, 3.8) is 0 Å². The van der Waals surface area contributed by atoms with E-state index < -0.39 is 0 Å². The summed E-state index contributed by atoms with van der Waals surface area (Å²) in [6.07, 6.45) is 3.70. The van der Waals surface area contributed by atoms with Crippen molar-refractivity contribution in [2.24, 2.45) is 0 Å². The highest BCUT2D eigenvalue weighted by Gasteiger charge is 2.08. The van der Waals surface area contributed by atoms with Crippen LogP contribution in [0.1, 0.15) is 31.9 Å². The van der Waals surface area contributed by atoms with Gasteiger partial charge in [-0.2, -0.15) is 0 Å². The van der Waals surface area contributed by atoms with E-state index in [9.17, 15) is 0 Å². The first-order valence-corrected chi connectivity index (χ1v) is 7.71. The molecule has 2 nitrogen and oxygen atoms in total. The highest BCUT2D eigenvalue weighted by atomic mass is 35.5. The third-order valence-corrected chi connectivity index (χ3v) is 3.66. The van der Waals surface area contributed by atoms with Crippen molar-refractivity contribution in [2.75, 3.05) is 6.54 Å². The first-order valence-electron chi connectivity index (χ1n) is 6.95. The first-order chi connectivity index (χ1) is 9.70. The lowest BCUT2D eigenvalue weighted by atomic mass is 10.2. The summed E-state index contributed by atoms with van der Waals surface area (Å²) < 4.78 is 5.81. The molecule has 0 atom stereocenters. The van der Waals surface area contributed by atoms with Crippen LogP contribution in [0.3, 0.4) is 0 Å². The van der Waals surface area contributed by atoms with E-state index in [-0.39, 0.29) is 12.4 Å². The highest BCUT2D eigenvalue weighted by molar-refractivity contribution is 6.36. The fraction of sp³-hybridized carbons (Fsp3) is 0.375. The molecule has 0 bridgehead atoms. The lowest BCUT2D eigenvalue weighted by Gasteiger charge is -2.03. The van der Waals surface area contributed by atoms with Gasteiger partial charge in [-0.25, -0.2) is 0 Å². The SMILES string of the molecule is CCCCCNCc1ccc(-c2ccc(Cl)cc2Cl)o1.Cl. The van der Waals surface area contributed by atoms with E-state index in [1.54, 1.807) is 6.07 Å². The summed E-state index contributed by atoms with van der Waals surface area (Å²) >= 11 is 12.1. The lowest BCUT2D eigenvalue weighted by molar-refractivity contribution is 0.488. The molecule has 2 rings (SSSR count). The quantitative estimate of drug-likeness (QED) is 0.625. The standard InChI is InChI=1S/C16H19Cl2NO.ClH/c1-2-3-4-9-19-11-13-6-8-16(20-13)14-7-5-12(17)10-15(14)18;/h5-8,10,19H,2-4,9,11H2,1H3;1H. The summed E-state index contributed by atoms with van der Waals surface area (Å²) in [6, 6.07) is 9.34. The third-order valence-electron chi connectivity index (χ3n) is 3.11. The maximum Gasteiger partial charge on any atom is 0.135 e. The molecule has 0 aliphatic rings. The number of unbranched alkanes of at least 4 members (excludes halogenated alkanes) is 2. The summed E-state index contributed by atoms with van der Waals surface area (Å²) in [5.74, 6) is 1.69. The largest absolute Gasteiger partial charge is 0.460 e. The second kappa shape index (κ2) is 9.37. The fourth-order valence-corrected chi connectivity index (χ4v) is 2.52. The molecule has 0 aliphatic heterocycles. The Labute approximate surface area is 142 Å². The monoisotopic (exact) mass is 347 g/mol. The Morgan fingerprint density at radius 1 is 1.10 bits per heavy atom. The zero-order valence-electron chi connectivity index (χ0n) is 12.0. The van der Waals surface area contributed by atoms with Gasteiger partial charge in [0.25, 0.3) is 0 Å². The van der Waals surface area contributed by atoms with Crippen LogP contribution in [0.25, 0.3) is 11.3 Å². The van der Waals surface area contributed by atoms with Crippen LogP contribution in [0.15, 0.2) is 34.7 Å². The molecule has 21 heavy (non-hydrogen) atoms. The van der Waals surface area contributed by atoms with Crippen LogP contribution in [0.5, 0.6) is 0 Å². The third kappa shape index (κ3) is 5.55. The molecule has 0 fully saturated rings. The van der Waals surface area contributed by atoms with Crippen molar-refractivity contribution in [1.82, 2.24) is 5.32 Å². The molecular formula is C16H20Cl3NO. The van der Waals surface area contributed by atoms with Gasteiger partial charge in [-0.1, -0.05) is 43.0 Å². The Hall–Kier alpha value is -0.670. The number of hydrogen-bond acceptors (Lipinski definition) is 2. The zero-order valence-corrected chi connectivity index (χ0v) is 14.3. The van der Waals surface area contributed by atoms with Crippen molar-refractivity contribution in [1.29, 1.82) is 0 Å². The maximum absolute atomic E-state index is 6.17.